The predicted octanol–water partition coefficient (Wildman–Crippen LogP) is 5.49. The monoisotopic (exact) mass is 488 g/mol. The van der Waals surface area contributed by atoms with E-state index in [0.717, 1.165) is 22.4 Å². The standard InChI is InChI=1S/C26H24N4O2S2/c1-16-13-17(2)15-20(14-16)28-23(31)22-18(3)21-24(34-22)29-26(33-12-10-27)30(25(21)32)11-9-19-7-5-4-6-8-19/h4-8,13-15H,9,11-12H2,1-3H3,(H,28,31). The van der Waals surface area contributed by atoms with Gasteiger partial charge in [0.1, 0.15) is 4.83 Å². The number of thioether (sulfide) groups is 1. The Kier molecular flexibility index (Phi) is 7.15. The average molecular weight is 489 g/mol. The molecule has 4 rings (SSSR count). The van der Waals surface area contributed by atoms with Crippen molar-refractivity contribution >= 4 is 44.9 Å². The van der Waals surface area contributed by atoms with Crippen molar-refractivity contribution in [3.05, 3.63) is 86.0 Å². The first-order valence-corrected chi connectivity index (χ1v) is 12.6. The van der Waals surface area contributed by atoms with Crippen molar-refractivity contribution in [3.63, 3.8) is 0 Å². The lowest BCUT2D eigenvalue weighted by molar-refractivity contribution is 0.103. The number of nitrogens with zero attached hydrogens (tertiary/aromatic N) is 3. The first-order chi connectivity index (χ1) is 16.4. The first-order valence-electron chi connectivity index (χ1n) is 10.8. The van der Waals surface area contributed by atoms with Gasteiger partial charge < -0.3 is 5.32 Å². The lowest BCUT2D eigenvalue weighted by atomic mass is 10.1. The van der Waals surface area contributed by atoms with Crippen LogP contribution in [0.1, 0.15) is 31.9 Å². The molecule has 0 atom stereocenters. The van der Waals surface area contributed by atoms with Gasteiger partial charge in [0.15, 0.2) is 5.16 Å². The summed E-state index contributed by atoms with van der Waals surface area (Å²) in [6.07, 6.45) is 0.664. The summed E-state index contributed by atoms with van der Waals surface area (Å²) in [7, 11) is 0. The maximum absolute atomic E-state index is 13.5. The second-order valence-electron chi connectivity index (χ2n) is 8.10. The Morgan fingerprint density at radius 2 is 1.85 bits per heavy atom. The van der Waals surface area contributed by atoms with Crippen molar-refractivity contribution < 1.29 is 4.79 Å². The molecule has 1 N–H and O–H groups in total. The Balaban J connectivity index is 1.72. The fourth-order valence-electron chi connectivity index (χ4n) is 3.94. The molecular formula is C26H24N4O2S2. The summed E-state index contributed by atoms with van der Waals surface area (Å²) in [5, 5.41) is 13.0. The Labute approximate surface area is 206 Å². The van der Waals surface area contributed by atoms with Gasteiger partial charge in [0.05, 0.1) is 22.1 Å². The minimum Gasteiger partial charge on any atom is -0.321 e. The van der Waals surface area contributed by atoms with E-state index in [-0.39, 0.29) is 17.2 Å². The predicted molar refractivity (Wildman–Crippen MR) is 139 cm³/mol. The van der Waals surface area contributed by atoms with Gasteiger partial charge in [-0.3, -0.25) is 14.2 Å². The minimum atomic E-state index is -0.257. The van der Waals surface area contributed by atoms with E-state index in [4.69, 9.17) is 10.2 Å². The van der Waals surface area contributed by atoms with Crippen molar-refractivity contribution in [2.24, 2.45) is 0 Å². The van der Waals surface area contributed by atoms with E-state index >= 15 is 0 Å². The summed E-state index contributed by atoms with van der Waals surface area (Å²) < 4.78 is 1.63. The second-order valence-corrected chi connectivity index (χ2v) is 10.0. The van der Waals surface area contributed by atoms with Crippen LogP contribution in [0.4, 0.5) is 5.69 Å². The van der Waals surface area contributed by atoms with Crippen molar-refractivity contribution in [1.29, 1.82) is 5.26 Å². The van der Waals surface area contributed by atoms with Crippen LogP contribution in [0.3, 0.4) is 0 Å². The number of hydrogen-bond acceptors (Lipinski definition) is 6. The number of nitriles is 1. The Bertz CT molecular complexity index is 1450. The van der Waals surface area contributed by atoms with Gasteiger partial charge in [-0.1, -0.05) is 48.2 Å². The van der Waals surface area contributed by atoms with Gasteiger partial charge in [-0.05, 0) is 61.6 Å². The molecule has 2 aromatic heterocycles. The molecule has 2 heterocycles. The number of carbonyl (C=O) groups excluding carboxylic acids is 1. The van der Waals surface area contributed by atoms with E-state index in [1.54, 1.807) is 11.5 Å². The highest BCUT2D eigenvalue weighted by Gasteiger charge is 2.22. The lowest BCUT2D eigenvalue weighted by Crippen LogP contribution is -2.24. The number of nitrogens with one attached hydrogen (secondary N) is 1. The number of aromatic nitrogens is 2. The lowest BCUT2D eigenvalue weighted by Gasteiger charge is -2.11. The number of thiophene rings is 1. The molecule has 0 aliphatic rings. The Morgan fingerprint density at radius 1 is 1.15 bits per heavy atom. The van der Waals surface area contributed by atoms with Crippen LogP contribution >= 0.6 is 23.1 Å². The van der Waals surface area contributed by atoms with Gasteiger partial charge in [0.2, 0.25) is 0 Å². The fraction of sp³-hybridized carbons (Fsp3) is 0.231. The van der Waals surface area contributed by atoms with Gasteiger partial charge in [-0.15, -0.1) is 11.3 Å². The molecule has 1 amide bonds. The number of benzene rings is 2. The van der Waals surface area contributed by atoms with Crippen molar-refractivity contribution in [2.75, 3.05) is 11.1 Å². The van der Waals surface area contributed by atoms with Crippen molar-refractivity contribution in [2.45, 2.75) is 38.9 Å². The number of carbonyl (C=O) groups is 1. The third-order valence-electron chi connectivity index (χ3n) is 5.43. The molecule has 8 heteroatoms. The molecule has 0 saturated carbocycles. The molecule has 0 aliphatic carbocycles. The maximum Gasteiger partial charge on any atom is 0.266 e. The molecule has 4 aromatic rings. The largest absolute Gasteiger partial charge is 0.321 e. The first kappa shape index (κ1) is 23.7. The maximum atomic E-state index is 13.5. The van der Waals surface area contributed by atoms with Gasteiger partial charge >= 0.3 is 0 Å². The summed E-state index contributed by atoms with van der Waals surface area (Å²) in [4.78, 5) is 32.3. The molecule has 172 valence electrons. The molecule has 2 aromatic carbocycles. The van der Waals surface area contributed by atoms with Crippen molar-refractivity contribution in [3.8, 4) is 6.07 Å². The van der Waals surface area contributed by atoms with Crippen LogP contribution in [0, 0.1) is 32.1 Å². The van der Waals surface area contributed by atoms with E-state index in [2.05, 4.69) is 11.4 Å². The highest BCUT2D eigenvalue weighted by atomic mass is 32.2. The quantitative estimate of drug-likeness (QED) is 0.274. The minimum absolute atomic E-state index is 0.180. The molecule has 0 unspecified atom stereocenters. The zero-order chi connectivity index (χ0) is 24.2. The summed E-state index contributed by atoms with van der Waals surface area (Å²) in [5.74, 6) is -0.0693. The smallest absolute Gasteiger partial charge is 0.266 e. The Morgan fingerprint density at radius 3 is 2.53 bits per heavy atom. The summed E-state index contributed by atoms with van der Waals surface area (Å²) in [5.41, 5.74) is 4.40. The van der Waals surface area contributed by atoms with Crippen LogP contribution in [-0.2, 0) is 13.0 Å². The summed E-state index contributed by atoms with van der Waals surface area (Å²) >= 11 is 2.45. The van der Waals surface area contributed by atoms with Gasteiger partial charge in [0, 0.05) is 12.2 Å². The van der Waals surface area contributed by atoms with Crippen molar-refractivity contribution in [1.82, 2.24) is 9.55 Å². The molecule has 0 saturated heterocycles. The Hall–Kier alpha value is -3.41. The molecule has 6 nitrogen and oxygen atoms in total. The highest BCUT2D eigenvalue weighted by Crippen LogP contribution is 2.30. The van der Waals surface area contributed by atoms with Crippen LogP contribution in [0.25, 0.3) is 10.2 Å². The number of amides is 1. The van der Waals surface area contributed by atoms with E-state index in [9.17, 15) is 9.59 Å². The van der Waals surface area contributed by atoms with Crippen LogP contribution < -0.4 is 10.9 Å². The summed E-state index contributed by atoms with van der Waals surface area (Å²) in [6, 6.07) is 17.9. The fourth-order valence-corrected chi connectivity index (χ4v) is 5.74. The van der Waals surface area contributed by atoms with Gasteiger partial charge in [0.25, 0.3) is 11.5 Å². The molecule has 0 bridgehead atoms. The van der Waals surface area contributed by atoms with Crippen LogP contribution in [0.2, 0.25) is 0 Å². The normalized spacial score (nSPS) is 10.9. The molecule has 0 spiro atoms. The molecule has 0 aliphatic heterocycles. The van der Waals surface area contributed by atoms with E-state index < -0.39 is 0 Å². The number of rotatable bonds is 7. The van der Waals surface area contributed by atoms with Crippen LogP contribution in [0.15, 0.2) is 58.5 Å². The number of fused-ring (bicyclic) bond motifs is 1. The van der Waals surface area contributed by atoms with Crippen LogP contribution in [0.5, 0.6) is 0 Å². The van der Waals surface area contributed by atoms with E-state index in [1.165, 1.54) is 23.1 Å². The van der Waals surface area contributed by atoms with Gasteiger partial charge in [-0.25, -0.2) is 4.98 Å². The third kappa shape index (κ3) is 5.06. The zero-order valence-corrected chi connectivity index (χ0v) is 20.8. The number of anilines is 1. The molecule has 0 fully saturated rings. The van der Waals surface area contributed by atoms with E-state index in [1.807, 2.05) is 62.4 Å². The zero-order valence-electron chi connectivity index (χ0n) is 19.2. The van der Waals surface area contributed by atoms with E-state index in [0.29, 0.717) is 38.8 Å². The second kappa shape index (κ2) is 10.2. The average Bonchev–Trinajstić information content (AvgIpc) is 3.13. The molecular weight excluding hydrogens is 464 g/mol. The highest BCUT2D eigenvalue weighted by molar-refractivity contribution is 7.99. The van der Waals surface area contributed by atoms with Crippen LogP contribution in [-0.4, -0.2) is 21.2 Å². The topological polar surface area (TPSA) is 87.8 Å². The SMILES string of the molecule is Cc1cc(C)cc(NC(=O)c2sc3nc(SCC#N)n(CCc4ccccc4)c(=O)c3c2C)c1. The summed E-state index contributed by atoms with van der Waals surface area (Å²) in [6.45, 7) is 6.20. The molecule has 34 heavy (non-hydrogen) atoms. The number of aryl methyl sites for hydroxylation is 4. The molecule has 0 radical (unpaired) electrons. The number of hydrogen-bond donors (Lipinski definition) is 1. The third-order valence-corrected chi connectivity index (χ3v) is 7.46. The van der Waals surface area contributed by atoms with Gasteiger partial charge in [-0.2, -0.15) is 5.26 Å².